The first-order chi connectivity index (χ1) is 8.02. The maximum absolute atomic E-state index is 11.8. The molecule has 2 amide bonds. The summed E-state index contributed by atoms with van der Waals surface area (Å²) in [5.74, 6) is -0.268. The molecule has 0 fully saturated rings. The van der Waals surface area contributed by atoms with Gasteiger partial charge in [-0.25, -0.2) is 0 Å². The predicted molar refractivity (Wildman–Crippen MR) is 68.0 cm³/mol. The topological polar surface area (TPSA) is 58.2 Å². The standard InChI is InChI=1S/C13H18N2O2/c1-4-9(2)14-13(17)11-6-5-7-12(8-11)15-10(3)16/h5-9H,4H2,1-3H3,(H,14,17)(H,15,16)/t9-/m1/s1. The van der Waals surface area contributed by atoms with Crippen molar-refractivity contribution in [2.24, 2.45) is 0 Å². The molecule has 0 radical (unpaired) electrons. The average molecular weight is 234 g/mol. The Morgan fingerprint density at radius 2 is 2.06 bits per heavy atom. The van der Waals surface area contributed by atoms with Gasteiger partial charge in [0.25, 0.3) is 5.91 Å². The lowest BCUT2D eigenvalue weighted by Gasteiger charge is -2.12. The highest BCUT2D eigenvalue weighted by atomic mass is 16.2. The number of carbonyl (C=O) groups is 2. The van der Waals surface area contributed by atoms with Crippen molar-refractivity contribution in [2.45, 2.75) is 33.2 Å². The minimum atomic E-state index is -0.149. The normalized spacial score (nSPS) is 11.7. The van der Waals surface area contributed by atoms with E-state index in [1.165, 1.54) is 6.92 Å². The third-order valence-electron chi connectivity index (χ3n) is 2.43. The van der Waals surface area contributed by atoms with Gasteiger partial charge in [-0.2, -0.15) is 0 Å². The minimum Gasteiger partial charge on any atom is -0.350 e. The van der Waals surface area contributed by atoms with Gasteiger partial charge in [0.1, 0.15) is 0 Å². The van der Waals surface area contributed by atoms with Crippen LogP contribution in [0.3, 0.4) is 0 Å². The molecule has 0 bridgehead atoms. The van der Waals surface area contributed by atoms with E-state index in [0.717, 1.165) is 6.42 Å². The van der Waals surface area contributed by atoms with Crippen molar-refractivity contribution in [2.75, 3.05) is 5.32 Å². The maximum atomic E-state index is 11.8. The van der Waals surface area contributed by atoms with E-state index in [2.05, 4.69) is 10.6 Å². The van der Waals surface area contributed by atoms with Crippen molar-refractivity contribution in [3.63, 3.8) is 0 Å². The lowest BCUT2D eigenvalue weighted by atomic mass is 10.1. The van der Waals surface area contributed by atoms with E-state index in [1.54, 1.807) is 24.3 Å². The summed E-state index contributed by atoms with van der Waals surface area (Å²) < 4.78 is 0. The van der Waals surface area contributed by atoms with Crippen LogP contribution in [0.15, 0.2) is 24.3 Å². The summed E-state index contributed by atoms with van der Waals surface area (Å²) in [6, 6.07) is 7.03. The van der Waals surface area contributed by atoms with Gasteiger partial charge in [-0.05, 0) is 31.5 Å². The molecule has 2 N–H and O–H groups in total. The highest BCUT2D eigenvalue weighted by Crippen LogP contribution is 2.10. The molecule has 1 rings (SSSR count). The quantitative estimate of drug-likeness (QED) is 0.838. The van der Waals surface area contributed by atoms with Gasteiger partial charge in [-0.15, -0.1) is 0 Å². The molecule has 0 unspecified atom stereocenters. The van der Waals surface area contributed by atoms with Gasteiger partial charge >= 0.3 is 0 Å². The molecule has 0 aliphatic carbocycles. The SMILES string of the molecule is CC[C@@H](C)NC(=O)c1cccc(NC(C)=O)c1. The predicted octanol–water partition coefficient (Wildman–Crippen LogP) is 2.17. The molecule has 0 spiro atoms. The Morgan fingerprint density at radius 3 is 2.65 bits per heavy atom. The van der Waals surface area contributed by atoms with E-state index in [0.29, 0.717) is 11.3 Å². The van der Waals surface area contributed by atoms with Crippen LogP contribution < -0.4 is 10.6 Å². The summed E-state index contributed by atoms with van der Waals surface area (Å²) in [6.07, 6.45) is 0.886. The second kappa shape index (κ2) is 6.03. The molecule has 0 saturated carbocycles. The Labute approximate surface area is 101 Å². The lowest BCUT2D eigenvalue weighted by molar-refractivity contribution is -0.114. The van der Waals surface area contributed by atoms with Crippen LogP contribution in [-0.4, -0.2) is 17.9 Å². The Bertz CT molecular complexity index is 416. The summed E-state index contributed by atoms with van der Waals surface area (Å²) in [7, 11) is 0. The van der Waals surface area contributed by atoms with Gasteiger partial charge in [0, 0.05) is 24.2 Å². The van der Waals surface area contributed by atoms with Crippen molar-refractivity contribution in [1.29, 1.82) is 0 Å². The van der Waals surface area contributed by atoms with Crippen LogP contribution in [0, 0.1) is 0 Å². The molecule has 1 atom stereocenters. The fourth-order valence-corrected chi connectivity index (χ4v) is 1.35. The summed E-state index contributed by atoms with van der Waals surface area (Å²) >= 11 is 0. The van der Waals surface area contributed by atoms with Gasteiger partial charge in [0.05, 0.1) is 0 Å². The van der Waals surface area contributed by atoms with Crippen molar-refractivity contribution in [3.05, 3.63) is 29.8 Å². The molecule has 1 aromatic carbocycles. The first-order valence-corrected chi connectivity index (χ1v) is 5.71. The van der Waals surface area contributed by atoms with E-state index in [-0.39, 0.29) is 17.9 Å². The van der Waals surface area contributed by atoms with E-state index in [1.807, 2.05) is 13.8 Å². The molecule has 4 nitrogen and oxygen atoms in total. The monoisotopic (exact) mass is 234 g/mol. The van der Waals surface area contributed by atoms with Crippen LogP contribution >= 0.6 is 0 Å². The zero-order chi connectivity index (χ0) is 12.8. The van der Waals surface area contributed by atoms with Gasteiger partial charge < -0.3 is 10.6 Å². The first kappa shape index (κ1) is 13.2. The second-order valence-electron chi connectivity index (χ2n) is 4.04. The number of nitrogens with one attached hydrogen (secondary N) is 2. The molecule has 92 valence electrons. The molecule has 0 saturated heterocycles. The van der Waals surface area contributed by atoms with E-state index in [9.17, 15) is 9.59 Å². The zero-order valence-electron chi connectivity index (χ0n) is 10.4. The number of carbonyl (C=O) groups excluding carboxylic acids is 2. The van der Waals surface area contributed by atoms with Crippen LogP contribution in [0.25, 0.3) is 0 Å². The van der Waals surface area contributed by atoms with Crippen LogP contribution in [0.5, 0.6) is 0 Å². The Morgan fingerprint density at radius 1 is 1.35 bits per heavy atom. The summed E-state index contributed by atoms with van der Waals surface area (Å²) in [5.41, 5.74) is 1.19. The van der Waals surface area contributed by atoms with Crippen LogP contribution in [-0.2, 0) is 4.79 Å². The highest BCUT2D eigenvalue weighted by Gasteiger charge is 2.08. The summed E-state index contributed by atoms with van der Waals surface area (Å²) in [6.45, 7) is 5.40. The Balaban J connectivity index is 2.77. The van der Waals surface area contributed by atoms with Gasteiger partial charge in [-0.1, -0.05) is 13.0 Å². The van der Waals surface area contributed by atoms with Crippen molar-refractivity contribution in [3.8, 4) is 0 Å². The smallest absolute Gasteiger partial charge is 0.251 e. The molecular formula is C13H18N2O2. The molecule has 0 aliphatic heterocycles. The summed E-state index contributed by atoms with van der Waals surface area (Å²) in [4.78, 5) is 22.7. The number of hydrogen-bond acceptors (Lipinski definition) is 2. The second-order valence-corrected chi connectivity index (χ2v) is 4.04. The fraction of sp³-hybridized carbons (Fsp3) is 0.385. The molecule has 0 heterocycles. The molecule has 0 aliphatic rings. The zero-order valence-corrected chi connectivity index (χ0v) is 10.4. The van der Waals surface area contributed by atoms with Crippen molar-refractivity contribution >= 4 is 17.5 Å². The number of benzene rings is 1. The fourth-order valence-electron chi connectivity index (χ4n) is 1.35. The number of rotatable bonds is 4. The molecule has 4 heteroatoms. The Hall–Kier alpha value is -1.84. The third kappa shape index (κ3) is 4.26. The third-order valence-corrected chi connectivity index (χ3v) is 2.43. The van der Waals surface area contributed by atoms with Gasteiger partial charge in [-0.3, -0.25) is 9.59 Å². The van der Waals surface area contributed by atoms with Crippen LogP contribution in [0.1, 0.15) is 37.6 Å². The van der Waals surface area contributed by atoms with E-state index >= 15 is 0 Å². The lowest BCUT2D eigenvalue weighted by Crippen LogP contribution is -2.31. The van der Waals surface area contributed by atoms with Gasteiger partial charge in [0.15, 0.2) is 0 Å². The van der Waals surface area contributed by atoms with Crippen LogP contribution in [0.2, 0.25) is 0 Å². The number of hydrogen-bond donors (Lipinski definition) is 2. The van der Waals surface area contributed by atoms with E-state index < -0.39 is 0 Å². The Kier molecular flexibility index (Phi) is 4.69. The summed E-state index contributed by atoms with van der Waals surface area (Å²) in [5, 5.41) is 5.52. The first-order valence-electron chi connectivity index (χ1n) is 5.71. The highest BCUT2D eigenvalue weighted by molar-refractivity contribution is 5.96. The molecule has 0 aromatic heterocycles. The van der Waals surface area contributed by atoms with Crippen LogP contribution in [0.4, 0.5) is 5.69 Å². The van der Waals surface area contributed by atoms with Crippen molar-refractivity contribution in [1.82, 2.24) is 5.32 Å². The maximum Gasteiger partial charge on any atom is 0.251 e. The molecule has 17 heavy (non-hydrogen) atoms. The number of anilines is 1. The van der Waals surface area contributed by atoms with Gasteiger partial charge in [0.2, 0.25) is 5.91 Å². The average Bonchev–Trinajstić information content (AvgIpc) is 2.28. The molecular weight excluding hydrogens is 216 g/mol. The van der Waals surface area contributed by atoms with Crippen molar-refractivity contribution < 1.29 is 9.59 Å². The largest absolute Gasteiger partial charge is 0.350 e. The number of amides is 2. The molecule has 1 aromatic rings. The van der Waals surface area contributed by atoms with E-state index in [4.69, 9.17) is 0 Å². The minimum absolute atomic E-state index is 0.119.